The minimum absolute atomic E-state index is 0.0607. The molecule has 1 heterocycles. The summed E-state index contributed by atoms with van der Waals surface area (Å²) in [6, 6.07) is 7.66. The topological polar surface area (TPSA) is 76.6 Å². The molecule has 0 fully saturated rings. The lowest BCUT2D eigenvalue weighted by Crippen LogP contribution is -2.07. The largest absolute Gasteiger partial charge is 0.378 e. The highest BCUT2D eigenvalue weighted by Crippen LogP contribution is 2.18. The average molecular weight is 273 g/mol. The van der Waals surface area contributed by atoms with Crippen LogP contribution in [0.1, 0.15) is 5.82 Å². The molecule has 2 aromatic rings. The molecule has 0 bridgehead atoms. The highest BCUT2D eigenvalue weighted by Gasteiger charge is 2.14. The summed E-state index contributed by atoms with van der Waals surface area (Å²) >= 11 is 0. The molecule has 0 amide bonds. The Labute approximate surface area is 116 Å². The van der Waals surface area contributed by atoms with Crippen molar-refractivity contribution in [2.45, 2.75) is 0 Å². The molecule has 0 saturated carbocycles. The number of anilines is 1. The Balaban J connectivity index is 2.19. The van der Waals surface area contributed by atoms with Crippen molar-refractivity contribution in [3.8, 4) is 0 Å². The van der Waals surface area contributed by atoms with E-state index in [9.17, 15) is 10.1 Å². The van der Waals surface area contributed by atoms with Crippen LogP contribution >= 0.6 is 0 Å². The van der Waals surface area contributed by atoms with Crippen LogP contribution in [-0.2, 0) is 7.05 Å². The van der Waals surface area contributed by atoms with Crippen molar-refractivity contribution in [3.63, 3.8) is 0 Å². The van der Waals surface area contributed by atoms with Gasteiger partial charge in [0.1, 0.15) is 6.20 Å². The fourth-order valence-electron chi connectivity index (χ4n) is 1.67. The van der Waals surface area contributed by atoms with Gasteiger partial charge in [-0.15, -0.1) is 0 Å². The number of benzene rings is 1. The Kier molecular flexibility index (Phi) is 3.79. The third-order valence-electron chi connectivity index (χ3n) is 2.88. The van der Waals surface area contributed by atoms with Gasteiger partial charge in [-0.3, -0.25) is 4.99 Å². The van der Waals surface area contributed by atoms with Crippen molar-refractivity contribution in [1.82, 2.24) is 9.55 Å². The van der Waals surface area contributed by atoms with Gasteiger partial charge in [0, 0.05) is 19.8 Å². The third-order valence-corrected chi connectivity index (χ3v) is 2.88. The molecule has 0 aliphatic carbocycles. The van der Waals surface area contributed by atoms with Crippen molar-refractivity contribution in [2.24, 2.45) is 12.0 Å². The van der Waals surface area contributed by atoms with Crippen LogP contribution in [0.25, 0.3) is 0 Å². The molecule has 0 radical (unpaired) electrons. The molecular formula is C13H15N5O2. The maximum Gasteiger partial charge on any atom is 0.342 e. The molecule has 0 aliphatic heterocycles. The van der Waals surface area contributed by atoms with Crippen LogP contribution in [0.5, 0.6) is 0 Å². The Bertz CT molecular complexity index is 643. The standard InChI is InChI=1S/C13H15N5O2/c1-16(2)11-6-4-10(5-7-11)14-8-12-15-9-13(17(12)3)18(19)20/h4-9H,1-3H3. The van der Waals surface area contributed by atoms with Gasteiger partial charge >= 0.3 is 5.82 Å². The number of aliphatic imine (C=N–C) groups is 1. The molecule has 2 rings (SSSR count). The molecule has 20 heavy (non-hydrogen) atoms. The minimum Gasteiger partial charge on any atom is -0.378 e. The summed E-state index contributed by atoms with van der Waals surface area (Å²) in [6.07, 6.45) is 2.73. The molecule has 104 valence electrons. The van der Waals surface area contributed by atoms with Crippen LogP contribution < -0.4 is 4.90 Å². The van der Waals surface area contributed by atoms with E-state index in [-0.39, 0.29) is 5.82 Å². The van der Waals surface area contributed by atoms with Crippen LogP contribution in [0.4, 0.5) is 17.2 Å². The Morgan fingerprint density at radius 1 is 1.35 bits per heavy atom. The van der Waals surface area contributed by atoms with E-state index in [2.05, 4.69) is 9.98 Å². The molecule has 7 nitrogen and oxygen atoms in total. The van der Waals surface area contributed by atoms with Crippen LogP contribution in [-0.4, -0.2) is 34.8 Å². The zero-order chi connectivity index (χ0) is 14.7. The highest BCUT2D eigenvalue weighted by atomic mass is 16.6. The smallest absolute Gasteiger partial charge is 0.342 e. The van der Waals surface area contributed by atoms with E-state index in [1.54, 1.807) is 7.05 Å². The minimum atomic E-state index is -0.476. The summed E-state index contributed by atoms with van der Waals surface area (Å²) in [5, 5.41) is 10.7. The Morgan fingerprint density at radius 2 is 2.00 bits per heavy atom. The zero-order valence-electron chi connectivity index (χ0n) is 11.5. The predicted molar refractivity (Wildman–Crippen MR) is 77.9 cm³/mol. The summed E-state index contributed by atoms with van der Waals surface area (Å²) in [7, 11) is 5.51. The molecular weight excluding hydrogens is 258 g/mol. The van der Waals surface area contributed by atoms with Crippen LogP contribution in [0.3, 0.4) is 0 Å². The molecule has 1 aromatic carbocycles. The van der Waals surface area contributed by atoms with E-state index >= 15 is 0 Å². The first-order chi connectivity index (χ1) is 9.49. The quantitative estimate of drug-likeness (QED) is 0.486. The SMILES string of the molecule is CN(C)c1ccc(N=Cc2ncc([N+](=O)[O-])n2C)cc1. The summed E-state index contributed by atoms with van der Waals surface area (Å²) in [6.45, 7) is 0. The van der Waals surface area contributed by atoms with E-state index in [0.717, 1.165) is 11.4 Å². The number of hydrogen-bond donors (Lipinski definition) is 0. The zero-order valence-corrected chi connectivity index (χ0v) is 11.5. The van der Waals surface area contributed by atoms with Crippen LogP contribution in [0.2, 0.25) is 0 Å². The van der Waals surface area contributed by atoms with E-state index in [4.69, 9.17) is 0 Å². The first kappa shape index (κ1) is 13.7. The van der Waals surface area contributed by atoms with Gasteiger partial charge in [-0.2, -0.15) is 0 Å². The first-order valence-electron chi connectivity index (χ1n) is 5.96. The van der Waals surface area contributed by atoms with Crippen molar-refractivity contribution in [2.75, 3.05) is 19.0 Å². The van der Waals surface area contributed by atoms with Gasteiger partial charge < -0.3 is 15.0 Å². The number of rotatable bonds is 4. The molecule has 0 aliphatic rings. The van der Waals surface area contributed by atoms with Crippen LogP contribution in [0, 0.1) is 10.1 Å². The predicted octanol–water partition coefficient (Wildman–Crippen LogP) is 2.14. The number of nitrogens with zero attached hydrogens (tertiary/aromatic N) is 5. The lowest BCUT2D eigenvalue weighted by molar-refractivity contribution is -0.391. The molecule has 0 atom stereocenters. The second-order valence-corrected chi connectivity index (χ2v) is 4.46. The van der Waals surface area contributed by atoms with Crippen molar-refractivity contribution in [3.05, 3.63) is 46.4 Å². The monoisotopic (exact) mass is 273 g/mol. The summed E-state index contributed by atoms with van der Waals surface area (Å²) in [5.74, 6) is 0.378. The van der Waals surface area contributed by atoms with Gasteiger partial charge in [0.2, 0.25) is 5.82 Å². The Morgan fingerprint density at radius 3 is 2.50 bits per heavy atom. The van der Waals surface area contributed by atoms with E-state index in [1.165, 1.54) is 17.0 Å². The van der Waals surface area contributed by atoms with E-state index < -0.39 is 4.92 Å². The Hall–Kier alpha value is -2.70. The van der Waals surface area contributed by atoms with E-state index in [0.29, 0.717) is 5.82 Å². The fourth-order valence-corrected chi connectivity index (χ4v) is 1.67. The first-order valence-corrected chi connectivity index (χ1v) is 5.96. The lowest BCUT2D eigenvalue weighted by atomic mass is 10.3. The molecule has 0 unspecified atom stereocenters. The maximum atomic E-state index is 10.7. The molecule has 0 N–H and O–H groups in total. The summed E-state index contributed by atoms with van der Waals surface area (Å²) < 4.78 is 1.39. The van der Waals surface area contributed by atoms with Gasteiger partial charge in [-0.1, -0.05) is 0 Å². The number of hydrogen-bond acceptors (Lipinski definition) is 5. The normalized spacial score (nSPS) is 10.9. The van der Waals surface area contributed by atoms with Gasteiger partial charge in [-0.05, 0) is 29.2 Å². The number of imidazole rings is 1. The molecule has 7 heteroatoms. The number of nitro groups is 1. The second kappa shape index (κ2) is 5.52. The summed E-state index contributed by atoms with van der Waals surface area (Å²) in [5.41, 5.74) is 1.85. The fraction of sp³-hybridized carbons (Fsp3) is 0.231. The van der Waals surface area contributed by atoms with Gasteiger partial charge in [0.05, 0.1) is 18.9 Å². The maximum absolute atomic E-state index is 10.7. The average Bonchev–Trinajstić information content (AvgIpc) is 2.78. The second-order valence-electron chi connectivity index (χ2n) is 4.46. The van der Waals surface area contributed by atoms with Gasteiger partial charge in [0.15, 0.2) is 0 Å². The molecule has 0 spiro atoms. The number of aromatic nitrogens is 2. The van der Waals surface area contributed by atoms with Crippen molar-refractivity contribution < 1.29 is 4.92 Å². The van der Waals surface area contributed by atoms with Crippen molar-refractivity contribution in [1.29, 1.82) is 0 Å². The lowest BCUT2D eigenvalue weighted by Gasteiger charge is -2.11. The van der Waals surface area contributed by atoms with E-state index in [1.807, 2.05) is 43.3 Å². The van der Waals surface area contributed by atoms with Gasteiger partial charge in [0.25, 0.3) is 0 Å². The highest BCUT2D eigenvalue weighted by molar-refractivity contribution is 5.78. The van der Waals surface area contributed by atoms with Crippen molar-refractivity contribution >= 4 is 23.4 Å². The molecule has 0 saturated heterocycles. The van der Waals surface area contributed by atoms with Gasteiger partial charge in [-0.25, -0.2) is 9.55 Å². The van der Waals surface area contributed by atoms with Crippen LogP contribution in [0.15, 0.2) is 35.5 Å². The molecule has 1 aromatic heterocycles. The summed E-state index contributed by atoms with van der Waals surface area (Å²) in [4.78, 5) is 20.4. The third kappa shape index (κ3) is 2.82.